The van der Waals surface area contributed by atoms with Gasteiger partial charge in [-0.15, -0.1) is 0 Å². The summed E-state index contributed by atoms with van der Waals surface area (Å²) in [6.45, 7) is 6.56. The number of aliphatic carboxylic acids is 1. The maximum Gasteiger partial charge on any atom is 0.307 e. The van der Waals surface area contributed by atoms with Crippen molar-refractivity contribution in [1.82, 2.24) is 0 Å². The Labute approximate surface area is 73.0 Å². The first-order valence-corrected chi connectivity index (χ1v) is 4.64. The van der Waals surface area contributed by atoms with E-state index >= 15 is 0 Å². The molecule has 0 amide bonds. The van der Waals surface area contributed by atoms with Crippen LogP contribution in [0.3, 0.4) is 0 Å². The molecule has 2 heteroatoms. The molecule has 3 rings (SSSR count). The molecule has 2 bridgehead atoms. The van der Waals surface area contributed by atoms with Crippen LogP contribution < -0.4 is 0 Å². The Morgan fingerprint density at radius 1 is 1.42 bits per heavy atom. The monoisotopic (exact) mass is 168 g/mol. The summed E-state index contributed by atoms with van der Waals surface area (Å²) >= 11 is 0. The van der Waals surface area contributed by atoms with Crippen molar-refractivity contribution in [2.24, 2.45) is 22.7 Å². The lowest BCUT2D eigenvalue weighted by molar-refractivity contribution is -0.177. The number of rotatable bonds is 1. The zero-order valence-electron chi connectivity index (χ0n) is 7.92. The number of hydrogen-bond acceptors (Lipinski definition) is 1. The first-order valence-electron chi connectivity index (χ1n) is 4.64. The van der Waals surface area contributed by atoms with E-state index in [1.165, 1.54) is 0 Å². The third-order valence-corrected chi connectivity index (χ3v) is 4.73. The Bertz CT molecular complexity index is 244. The van der Waals surface area contributed by atoms with Crippen molar-refractivity contribution < 1.29 is 9.90 Å². The number of carboxylic acid groups (broad SMARTS) is 1. The molecule has 3 atom stereocenters. The third kappa shape index (κ3) is 0.572. The van der Waals surface area contributed by atoms with Crippen LogP contribution in [0.4, 0.5) is 0 Å². The van der Waals surface area contributed by atoms with Crippen molar-refractivity contribution in [2.45, 2.75) is 33.6 Å². The van der Waals surface area contributed by atoms with Crippen LogP contribution in [0.5, 0.6) is 0 Å². The van der Waals surface area contributed by atoms with Gasteiger partial charge in [0.15, 0.2) is 0 Å². The smallest absolute Gasteiger partial charge is 0.307 e. The van der Waals surface area contributed by atoms with Gasteiger partial charge in [-0.3, -0.25) is 4.79 Å². The van der Waals surface area contributed by atoms with Crippen molar-refractivity contribution >= 4 is 5.97 Å². The molecule has 12 heavy (non-hydrogen) atoms. The minimum absolute atomic E-state index is 0.0625. The van der Waals surface area contributed by atoms with Gasteiger partial charge >= 0.3 is 5.97 Å². The zero-order valence-corrected chi connectivity index (χ0v) is 7.92. The first kappa shape index (κ1) is 8.09. The van der Waals surface area contributed by atoms with Crippen LogP contribution in [-0.4, -0.2) is 11.1 Å². The molecule has 0 aromatic heterocycles. The van der Waals surface area contributed by atoms with Gasteiger partial charge in [0.2, 0.25) is 0 Å². The summed E-state index contributed by atoms with van der Waals surface area (Å²) in [6, 6.07) is 0. The normalized spacial score (nSPS) is 48.6. The van der Waals surface area contributed by atoms with Gasteiger partial charge in [0.1, 0.15) is 0 Å². The van der Waals surface area contributed by atoms with Crippen LogP contribution in [0.1, 0.15) is 33.6 Å². The minimum Gasteiger partial charge on any atom is -0.481 e. The van der Waals surface area contributed by atoms with Crippen molar-refractivity contribution in [1.29, 1.82) is 0 Å². The van der Waals surface area contributed by atoms with E-state index < -0.39 is 5.97 Å². The molecule has 0 heterocycles. The van der Waals surface area contributed by atoms with Crippen LogP contribution in [0.15, 0.2) is 0 Å². The molecule has 0 spiro atoms. The van der Waals surface area contributed by atoms with Gasteiger partial charge in [0.05, 0.1) is 5.92 Å². The Balaban J connectivity index is 2.33. The van der Waals surface area contributed by atoms with Crippen molar-refractivity contribution in [2.75, 3.05) is 0 Å². The number of hydrogen-bond donors (Lipinski definition) is 1. The van der Waals surface area contributed by atoms with E-state index in [0.717, 1.165) is 12.8 Å². The second-order valence-corrected chi connectivity index (χ2v) is 5.10. The Kier molecular flexibility index (Phi) is 1.25. The highest BCUT2D eigenvalue weighted by Crippen LogP contribution is 2.73. The molecule has 0 aromatic rings. The molecule has 0 radical (unpaired) electrons. The summed E-state index contributed by atoms with van der Waals surface area (Å²) in [7, 11) is 0. The molecule has 1 N–H and O–H groups in total. The number of carboxylic acids is 1. The standard InChI is InChI=1S/C10H16O2/c1-9(2)6-4-5-10(9,3)7(6)8(11)12/h6-7H,4-5H2,1-3H3,(H,11,12)/t6-,7?,10+/m0/s1. The third-order valence-electron chi connectivity index (χ3n) is 4.73. The lowest BCUT2D eigenvalue weighted by Crippen LogP contribution is -2.57. The summed E-state index contributed by atoms with van der Waals surface area (Å²) < 4.78 is 0. The van der Waals surface area contributed by atoms with E-state index in [-0.39, 0.29) is 16.7 Å². The lowest BCUT2D eigenvalue weighted by Gasteiger charge is -2.57. The molecule has 3 saturated carbocycles. The van der Waals surface area contributed by atoms with Crippen LogP contribution in [0.25, 0.3) is 0 Å². The summed E-state index contributed by atoms with van der Waals surface area (Å²) in [6.07, 6.45) is 2.21. The zero-order chi connectivity index (χ0) is 9.15. The largest absolute Gasteiger partial charge is 0.481 e. The van der Waals surface area contributed by atoms with Crippen LogP contribution in [-0.2, 0) is 4.79 Å². The van der Waals surface area contributed by atoms with Crippen molar-refractivity contribution in [3.8, 4) is 0 Å². The summed E-state index contributed by atoms with van der Waals surface area (Å²) in [5.74, 6) is -0.216. The molecule has 0 aromatic carbocycles. The van der Waals surface area contributed by atoms with E-state index in [1.54, 1.807) is 0 Å². The van der Waals surface area contributed by atoms with Gasteiger partial charge < -0.3 is 5.11 Å². The molecule has 68 valence electrons. The molecule has 1 unspecified atom stereocenters. The van der Waals surface area contributed by atoms with Gasteiger partial charge in [-0.2, -0.15) is 0 Å². The topological polar surface area (TPSA) is 37.3 Å². The molecule has 3 fully saturated rings. The second-order valence-electron chi connectivity index (χ2n) is 5.10. The minimum atomic E-state index is -0.584. The predicted octanol–water partition coefficient (Wildman–Crippen LogP) is 2.14. The van der Waals surface area contributed by atoms with Gasteiger partial charge in [-0.05, 0) is 29.6 Å². The number of fused-ring (bicyclic) bond motifs is 1. The van der Waals surface area contributed by atoms with E-state index in [1.807, 2.05) is 0 Å². The quantitative estimate of drug-likeness (QED) is 0.651. The fourth-order valence-corrected chi connectivity index (χ4v) is 3.49. The molecule has 0 saturated heterocycles. The van der Waals surface area contributed by atoms with Gasteiger partial charge in [-0.1, -0.05) is 20.8 Å². The van der Waals surface area contributed by atoms with Gasteiger partial charge in [0.25, 0.3) is 0 Å². The highest BCUT2D eigenvalue weighted by Gasteiger charge is 2.70. The molecule has 2 nitrogen and oxygen atoms in total. The highest BCUT2D eigenvalue weighted by molar-refractivity contribution is 5.74. The summed E-state index contributed by atoms with van der Waals surface area (Å²) in [5, 5.41) is 9.01. The first-order chi connectivity index (χ1) is 5.41. The second kappa shape index (κ2) is 1.86. The van der Waals surface area contributed by atoms with E-state index in [4.69, 9.17) is 5.11 Å². The van der Waals surface area contributed by atoms with Crippen LogP contribution >= 0.6 is 0 Å². The van der Waals surface area contributed by atoms with Crippen molar-refractivity contribution in [3.05, 3.63) is 0 Å². The Morgan fingerprint density at radius 3 is 2.17 bits per heavy atom. The number of carbonyl (C=O) groups is 1. The maximum absolute atomic E-state index is 10.9. The average Bonchev–Trinajstić information content (AvgIpc) is 2.38. The van der Waals surface area contributed by atoms with E-state index in [0.29, 0.717) is 5.92 Å². The van der Waals surface area contributed by atoms with E-state index in [2.05, 4.69) is 20.8 Å². The highest BCUT2D eigenvalue weighted by atomic mass is 16.4. The van der Waals surface area contributed by atoms with Gasteiger partial charge in [0, 0.05) is 0 Å². The summed E-state index contributed by atoms with van der Waals surface area (Å²) in [5.41, 5.74) is 0.333. The molecule has 3 aliphatic rings. The Morgan fingerprint density at radius 2 is 2.00 bits per heavy atom. The van der Waals surface area contributed by atoms with Crippen LogP contribution in [0, 0.1) is 22.7 Å². The lowest BCUT2D eigenvalue weighted by atomic mass is 9.45. The molecule has 3 aliphatic carbocycles. The van der Waals surface area contributed by atoms with E-state index in [9.17, 15) is 4.79 Å². The fourth-order valence-electron chi connectivity index (χ4n) is 3.49. The fraction of sp³-hybridized carbons (Fsp3) is 0.900. The van der Waals surface area contributed by atoms with Crippen molar-refractivity contribution in [3.63, 3.8) is 0 Å². The predicted molar refractivity (Wildman–Crippen MR) is 45.7 cm³/mol. The molecule has 0 aliphatic heterocycles. The Hall–Kier alpha value is -0.530. The van der Waals surface area contributed by atoms with Crippen LogP contribution in [0.2, 0.25) is 0 Å². The summed E-state index contributed by atoms with van der Waals surface area (Å²) in [4.78, 5) is 10.9. The molecular weight excluding hydrogens is 152 g/mol. The SMILES string of the molecule is CC1(C)[C@H]2CC[C@]1(C)C2C(=O)O. The average molecular weight is 168 g/mol. The maximum atomic E-state index is 10.9. The van der Waals surface area contributed by atoms with Gasteiger partial charge in [-0.25, -0.2) is 0 Å². The molecular formula is C10H16O2.